The van der Waals surface area contributed by atoms with Crippen LogP contribution in [-0.4, -0.2) is 58.5 Å². The highest BCUT2D eigenvalue weighted by molar-refractivity contribution is 6.30. The number of benzene rings is 2. The van der Waals surface area contributed by atoms with Gasteiger partial charge in [0.2, 0.25) is 0 Å². The minimum absolute atomic E-state index is 0.0521. The number of rotatable bonds is 10. The molecule has 1 aliphatic heterocycles. The van der Waals surface area contributed by atoms with Gasteiger partial charge in [-0.3, -0.25) is 9.47 Å². The minimum atomic E-state index is -2.31. The second kappa shape index (κ2) is 11.4. The first-order valence-corrected chi connectivity index (χ1v) is 11.3. The van der Waals surface area contributed by atoms with E-state index in [2.05, 4.69) is 5.10 Å². The molecule has 4 rings (SSSR count). The normalized spacial score (nSPS) is 21.1. The second-order valence-corrected chi connectivity index (χ2v) is 8.04. The Bertz CT molecular complexity index is 1330. The monoisotopic (exact) mass is 476 g/mol. The van der Waals surface area contributed by atoms with Crippen molar-refractivity contribution in [2.24, 2.45) is 0 Å². The number of aryl methyl sites for hydroxylation is 2. The fourth-order valence-electron chi connectivity index (χ4n) is 3.61. The van der Waals surface area contributed by atoms with Gasteiger partial charge >= 0.3 is 5.69 Å². The van der Waals surface area contributed by atoms with Crippen LogP contribution < -0.4 is 15.3 Å². The molecule has 8 heteroatoms. The quantitative estimate of drug-likeness (QED) is 0.448. The molecule has 0 aliphatic carbocycles. The fraction of sp³-hybridized carbons (Fsp3) is 0.440. The van der Waals surface area contributed by atoms with Crippen LogP contribution in [0.5, 0.6) is 5.75 Å². The van der Waals surface area contributed by atoms with Crippen LogP contribution >= 0.6 is 11.6 Å². The lowest BCUT2D eigenvalue weighted by Gasteiger charge is -2.36. The van der Waals surface area contributed by atoms with Crippen LogP contribution in [-0.2, 0) is 19.5 Å². The Hall–Kier alpha value is -2.77. The highest BCUT2D eigenvalue weighted by atomic mass is 35.5. The average Bonchev–Trinajstić information content (AvgIpc) is 3.11. The van der Waals surface area contributed by atoms with Gasteiger partial charge in [0.25, 0.3) is 0 Å². The first kappa shape index (κ1) is 16.0. The third kappa shape index (κ3) is 6.18. The molecule has 0 amide bonds. The van der Waals surface area contributed by atoms with Crippen LogP contribution in [0.15, 0.2) is 59.4 Å². The minimum Gasteiger partial charge on any atom is -0.492 e. The van der Waals surface area contributed by atoms with E-state index in [9.17, 15) is 4.79 Å². The van der Waals surface area contributed by atoms with Crippen LogP contribution in [0.1, 0.15) is 28.7 Å². The van der Waals surface area contributed by atoms with Crippen LogP contribution in [0.25, 0.3) is 0 Å². The maximum atomic E-state index is 13.1. The summed E-state index contributed by atoms with van der Waals surface area (Å²) in [5, 5.41) is 4.67. The van der Waals surface area contributed by atoms with Gasteiger partial charge in [0.1, 0.15) is 18.2 Å². The van der Waals surface area contributed by atoms with E-state index >= 15 is 0 Å². The molecule has 33 heavy (non-hydrogen) atoms. The Morgan fingerprint density at radius 3 is 2.67 bits per heavy atom. The molecule has 2 aromatic carbocycles. The fourth-order valence-corrected chi connectivity index (χ4v) is 3.80. The molecule has 1 saturated heterocycles. The van der Waals surface area contributed by atoms with E-state index in [1.165, 1.54) is 15.3 Å². The Kier molecular flexibility index (Phi) is 5.51. The number of piperazine rings is 1. The van der Waals surface area contributed by atoms with Crippen molar-refractivity contribution in [1.82, 2.24) is 19.2 Å². The van der Waals surface area contributed by atoms with Crippen LogP contribution in [0, 0.1) is 0 Å². The van der Waals surface area contributed by atoms with E-state index in [1.807, 2.05) is 18.2 Å². The summed E-state index contributed by atoms with van der Waals surface area (Å²) in [4.78, 5) is 15.9. The third-order valence-electron chi connectivity index (χ3n) is 5.30. The number of aromatic nitrogens is 3. The highest BCUT2D eigenvalue weighted by Crippen LogP contribution is 2.20. The van der Waals surface area contributed by atoms with Crippen LogP contribution in [0.4, 0.5) is 5.69 Å². The van der Waals surface area contributed by atoms with Crippen molar-refractivity contribution in [3.63, 3.8) is 0 Å². The van der Waals surface area contributed by atoms with Crippen molar-refractivity contribution in [2.45, 2.75) is 32.8 Å². The van der Waals surface area contributed by atoms with Crippen molar-refractivity contribution >= 4 is 17.3 Å². The summed E-state index contributed by atoms with van der Waals surface area (Å²) in [7, 11) is 0. The van der Waals surface area contributed by atoms with Crippen molar-refractivity contribution < 1.29 is 14.3 Å². The number of ether oxygens (including phenoxy) is 1. The van der Waals surface area contributed by atoms with E-state index in [0.717, 1.165) is 4.90 Å². The zero-order chi connectivity index (χ0) is 29.1. The summed E-state index contributed by atoms with van der Waals surface area (Å²) in [5.74, 6) is 0.778. The van der Waals surface area contributed by atoms with E-state index in [-0.39, 0.29) is 45.0 Å². The number of hydrogen-bond acceptors (Lipinski definition) is 5. The Morgan fingerprint density at radius 1 is 1.09 bits per heavy atom. The van der Waals surface area contributed by atoms with Gasteiger partial charge in [-0.05, 0) is 36.8 Å². The Morgan fingerprint density at radius 2 is 1.91 bits per heavy atom. The molecule has 1 aliphatic rings. The number of anilines is 1. The molecular formula is C25H32ClN5O2. The zero-order valence-electron chi connectivity index (χ0n) is 25.3. The Labute approximate surface area is 210 Å². The lowest BCUT2D eigenvalue weighted by atomic mass is 10.2. The van der Waals surface area contributed by atoms with Gasteiger partial charge in [-0.1, -0.05) is 42.7 Å². The summed E-state index contributed by atoms with van der Waals surface area (Å²) < 4.78 is 65.5. The maximum absolute atomic E-state index is 13.1. The number of halogens is 1. The molecule has 7 nitrogen and oxygen atoms in total. The first-order chi connectivity index (χ1) is 18.7. The largest absolute Gasteiger partial charge is 0.492 e. The summed E-state index contributed by atoms with van der Waals surface area (Å²) in [6.45, 7) is -5.68. The van der Waals surface area contributed by atoms with Gasteiger partial charge in [0.15, 0.2) is 0 Å². The van der Waals surface area contributed by atoms with Crippen molar-refractivity contribution in [3.05, 3.63) is 75.9 Å². The molecule has 3 aromatic rings. The van der Waals surface area contributed by atoms with E-state index in [1.54, 1.807) is 35.2 Å². The molecule has 176 valence electrons. The third-order valence-corrected chi connectivity index (χ3v) is 5.53. The molecule has 0 radical (unpaired) electrons. The molecule has 0 atom stereocenters. The molecule has 0 saturated carbocycles. The second-order valence-electron chi connectivity index (χ2n) is 7.61. The molecule has 0 spiro atoms. The topological polar surface area (TPSA) is 55.5 Å². The molecule has 1 aromatic heterocycles. The SMILES string of the molecule is [2H]C([2H])([2H])Cc1nn(CCCN2CC([2H])([2H])N(c3cccc(Cl)c3)C([2H])([2H])C2)c(=O)n1CCOc1ccccc1. The molecular weight excluding hydrogens is 438 g/mol. The van der Waals surface area contributed by atoms with Crippen molar-refractivity contribution in [3.8, 4) is 5.75 Å². The number of hydrogen-bond donors (Lipinski definition) is 0. The molecule has 0 N–H and O–H groups in total. The number of nitrogens with zero attached hydrogens (tertiary/aromatic N) is 5. The molecule has 0 bridgehead atoms. The van der Waals surface area contributed by atoms with E-state index in [4.69, 9.17) is 25.9 Å². The van der Waals surface area contributed by atoms with Gasteiger partial charge in [-0.2, -0.15) is 5.10 Å². The predicted octanol–water partition coefficient (Wildman–Crippen LogP) is 3.55. The van der Waals surface area contributed by atoms with Gasteiger partial charge in [-0.15, -0.1) is 0 Å². The zero-order valence-corrected chi connectivity index (χ0v) is 19.0. The molecule has 0 unspecified atom stereocenters. The maximum Gasteiger partial charge on any atom is 0.346 e. The lowest BCUT2D eigenvalue weighted by Crippen LogP contribution is -2.46. The first-order valence-electron chi connectivity index (χ1n) is 14.4. The molecule has 1 fully saturated rings. The average molecular weight is 477 g/mol. The summed E-state index contributed by atoms with van der Waals surface area (Å²) >= 11 is 6.07. The van der Waals surface area contributed by atoms with Crippen molar-refractivity contribution in [2.75, 3.05) is 44.1 Å². The summed E-state index contributed by atoms with van der Waals surface area (Å²) in [6, 6.07) is 15.6. The lowest BCUT2D eigenvalue weighted by molar-refractivity contribution is 0.248. The van der Waals surface area contributed by atoms with Crippen LogP contribution in [0.3, 0.4) is 0 Å². The van der Waals surface area contributed by atoms with Gasteiger partial charge in [0.05, 0.1) is 12.0 Å². The standard InChI is InChI=1S/C25H32ClN5O2/c1-2-24-27-31(25(32)30(24)18-19-33-23-10-4-3-5-11-23)13-7-12-28-14-16-29(17-15-28)22-9-6-8-21(26)20-22/h3-6,8-11,20H,2,7,12-19H2,1H3/i1D3,16D2,17D2. The van der Waals surface area contributed by atoms with Gasteiger partial charge in [0, 0.05) is 60.4 Å². The number of para-hydroxylation sites is 1. The smallest absolute Gasteiger partial charge is 0.346 e. The van der Waals surface area contributed by atoms with E-state index < -0.39 is 25.5 Å². The Balaban J connectivity index is 1.42. The van der Waals surface area contributed by atoms with Gasteiger partial charge < -0.3 is 9.64 Å². The van der Waals surface area contributed by atoms with Crippen molar-refractivity contribution in [1.29, 1.82) is 0 Å². The summed E-state index contributed by atoms with van der Waals surface area (Å²) in [5.41, 5.74) is -0.0929. The van der Waals surface area contributed by atoms with E-state index in [0.29, 0.717) is 29.4 Å². The van der Waals surface area contributed by atoms with Gasteiger partial charge in [-0.25, -0.2) is 9.48 Å². The van der Waals surface area contributed by atoms with Crippen LogP contribution in [0.2, 0.25) is 5.02 Å². The highest BCUT2D eigenvalue weighted by Gasteiger charge is 2.18. The summed E-state index contributed by atoms with van der Waals surface area (Å²) in [6.07, 6.45) is 0.0143. The molecule has 2 heterocycles. The predicted molar refractivity (Wildman–Crippen MR) is 133 cm³/mol.